The van der Waals surface area contributed by atoms with Gasteiger partial charge in [0, 0.05) is 64.7 Å². The fraction of sp³-hybridized carbons (Fsp3) is 0.727. The summed E-state index contributed by atoms with van der Waals surface area (Å²) in [5.74, 6) is 0.453. The fourth-order valence-electron chi connectivity index (χ4n) is 5.40. The number of amides is 3. The lowest BCUT2D eigenvalue weighted by molar-refractivity contribution is -0.130. The zero-order valence-electron chi connectivity index (χ0n) is 27.3. The number of hydrogen-bond acceptors (Lipinski definition) is 7. The van der Waals surface area contributed by atoms with Crippen molar-refractivity contribution in [3.8, 4) is 5.75 Å². The van der Waals surface area contributed by atoms with Gasteiger partial charge in [-0.2, -0.15) is 0 Å². The van der Waals surface area contributed by atoms with E-state index in [0.29, 0.717) is 43.9 Å². The minimum Gasteiger partial charge on any atom is -0.491 e. The molecule has 1 aliphatic heterocycles. The normalized spacial score (nSPS) is 16.9. The van der Waals surface area contributed by atoms with Crippen LogP contribution in [0.4, 0.5) is 0 Å². The molecule has 0 spiro atoms. The number of carbonyl (C=O) groups is 3. The molecule has 10 heteroatoms. The molecule has 2 rings (SSSR count). The van der Waals surface area contributed by atoms with Gasteiger partial charge in [-0.25, -0.2) is 0 Å². The number of hydrogen-bond donors (Lipinski definition) is 4. The van der Waals surface area contributed by atoms with Crippen LogP contribution in [0.2, 0.25) is 0 Å². The molecule has 1 heterocycles. The summed E-state index contributed by atoms with van der Waals surface area (Å²) < 4.78 is 6.02. The summed E-state index contributed by atoms with van der Waals surface area (Å²) in [7, 11) is 0. The molecule has 1 aromatic rings. The number of piperazine rings is 1. The van der Waals surface area contributed by atoms with E-state index in [1.54, 1.807) is 19.1 Å². The number of benzene rings is 1. The number of nitrogens with two attached hydrogens (primary N) is 1. The lowest BCUT2D eigenvalue weighted by atomic mass is 9.83. The molecule has 1 saturated heterocycles. The Morgan fingerprint density at radius 3 is 2.28 bits per heavy atom. The van der Waals surface area contributed by atoms with E-state index in [4.69, 9.17) is 10.5 Å². The van der Waals surface area contributed by atoms with E-state index >= 15 is 0 Å². The van der Waals surface area contributed by atoms with Gasteiger partial charge in [-0.3, -0.25) is 19.3 Å². The minimum atomic E-state index is -0.819. The van der Waals surface area contributed by atoms with Crippen molar-refractivity contribution in [3.63, 3.8) is 0 Å². The van der Waals surface area contributed by atoms with Gasteiger partial charge in [-0.05, 0) is 49.1 Å². The summed E-state index contributed by atoms with van der Waals surface area (Å²) in [5.41, 5.74) is 6.95. The van der Waals surface area contributed by atoms with Crippen LogP contribution >= 0.6 is 0 Å². The summed E-state index contributed by atoms with van der Waals surface area (Å²) in [6, 6.07) is 6.72. The van der Waals surface area contributed by atoms with Crippen molar-refractivity contribution in [2.45, 2.75) is 79.4 Å². The van der Waals surface area contributed by atoms with Crippen molar-refractivity contribution in [2.24, 2.45) is 29.4 Å². The first-order valence-electron chi connectivity index (χ1n) is 16.1. The Hall–Kier alpha value is -2.69. The van der Waals surface area contributed by atoms with Gasteiger partial charge in [0.25, 0.3) is 5.91 Å². The molecule has 1 fully saturated rings. The molecule has 1 aliphatic rings. The van der Waals surface area contributed by atoms with Crippen molar-refractivity contribution < 1.29 is 24.2 Å². The van der Waals surface area contributed by atoms with Crippen molar-refractivity contribution in [1.29, 1.82) is 0 Å². The highest BCUT2D eigenvalue weighted by atomic mass is 16.5. The smallest absolute Gasteiger partial charge is 0.255 e. The fourth-order valence-corrected chi connectivity index (χ4v) is 5.40. The number of unbranched alkanes of at least 4 members (excludes halogenated alkanes) is 1. The first-order chi connectivity index (χ1) is 20.4. The number of ether oxygens (including phenoxy) is 1. The van der Waals surface area contributed by atoms with E-state index < -0.39 is 12.1 Å². The average Bonchev–Trinajstić information content (AvgIpc) is 2.97. The zero-order chi connectivity index (χ0) is 31.9. The second-order valence-corrected chi connectivity index (χ2v) is 12.6. The Bertz CT molecular complexity index is 996. The van der Waals surface area contributed by atoms with Crippen LogP contribution in [0.1, 0.15) is 77.6 Å². The van der Waals surface area contributed by atoms with Crippen molar-refractivity contribution in [2.75, 3.05) is 52.4 Å². The summed E-state index contributed by atoms with van der Waals surface area (Å²) in [4.78, 5) is 41.6. The SMILES string of the molecule is CCCCNC(=O)[C@@H](C[C@H](O)[C@@H](N)C[C@H](CNC(=O)c1ccccc1OCCN1CCN(C(C)=O)CC1)C(C)C)C(C)C. The van der Waals surface area contributed by atoms with E-state index in [1.807, 2.05) is 30.9 Å². The Morgan fingerprint density at radius 1 is 1.00 bits per heavy atom. The Labute approximate surface area is 259 Å². The van der Waals surface area contributed by atoms with E-state index in [0.717, 1.165) is 45.6 Å². The maximum absolute atomic E-state index is 13.2. The topological polar surface area (TPSA) is 137 Å². The van der Waals surface area contributed by atoms with E-state index in [2.05, 4.69) is 36.3 Å². The van der Waals surface area contributed by atoms with Gasteiger partial charge in [0.2, 0.25) is 11.8 Å². The third-order valence-electron chi connectivity index (χ3n) is 8.62. The molecule has 10 nitrogen and oxygen atoms in total. The quantitative estimate of drug-likeness (QED) is 0.189. The second-order valence-electron chi connectivity index (χ2n) is 12.6. The lowest BCUT2D eigenvalue weighted by Gasteiger charge is -2.34. The summed E-state index contributed by atoms with van der Waals surface area (Å²) in [6.45, 7) is 17.1. The molecule has 1 aromatic carbocycles. The molecule has 3 amide bonds. The highest BCUT2D eigenvalue weighted by Gasteiger charge is 2.30. The first-order valence-corrected chi connectivity index (χ1v) is 16.1. The molecule has 0 bridgehead atoms. The average molecular weight is 604 g/mol. The van der Waals surface area contributed by atoms with Crippen LogP contribution in [0, 0.1) is 23.7 Å². The van der Waals surface area contributed by atoms with E-state index in [-0.39, 0.29) is 41.4 Å². The van der Waals surface area contributed by atoms with Crippen LogP contribution in [-0.2, 0) is 9.59 Å². The molecular weight excluding hydrogens is 546 g/mol. The standard InChI is InChI=1S/C33H57N5O5/c1-7-8-13-35-33(42)28(24(4)5)21-30(40)29(34)20-26(23(2)3)22-36-32(41)27-11-9-10-12-31(27)43-19-18-37-14-16-38(17-15-37)25(6)39/h9-12,23-24,26,28-30,40H,7-8,13-22,34H2,1-6H3,(H,35,42)(H,36,41)/t26-,28+,29+,30+/m1/s1. The minimum absolute atomic E-state index is 0.0289. The molecule has 0 radical (unpaired) electrons. The Balaban J connectivity index is 1.89. The predicted octanol–water partition coefficient (Wildman–Crippen LogP) is 2.89. The summed E-state index contributed by atoms with van der Waals surface area (Å²) in [6.07, 6.45) is 1.95. The lowest BCUT2D eigenvalue weighted by Crippen LogP contribution is -2.48. The van der Waals surface area contributed by atoms with Crippen LogP contribution in [0.25, 0.3) is 0 Å². The highest BCUT2D eigenvalue weighted by molar-refractivity contribution is 5.96. The molecule has 4 atom stereocenters. The largest absolute Gasteiger partial charge is 0.491 e. The van der Waals surface area contributed by atoms with Gasteiger partial charge in [0.15, 0.2) is 0 Å². The van der Waals surface area contributed by atoms with Crippen LogP contribution in [0.3, 0.4) is 0 Å². The van der Waals surface area contributed by atoms with Crippen molar-refractivity contribution >= 4 is 17.7 Å². The number of para-hydroxylation sites is 1. The van der Waals surface area contributed by atoms with Crippen LogP contribution in [0.5, 0.6) is 5.75 Å². The summed E-state index contributed by atoms with van der Waals surface area (Å²) in [5, 5.41) is 17.0. The monoisotopic (exact) mass is 603 g/mol. The van der Waals surface area contributed by atoms with Gasteiger partial charge in [-0.15, -0.1) is 0 Å². The molecule has 43 heavy (non-hydrogen) atoms. The molecular formula is C33H57N5O5. The van der Waals surface area contributed by atoms with Crippen LogP contribution < -0.4 is 21.1 Å². The molecule has 244 valence electrons. The number of carbonyl (C=O) groups excluding carboxylic acids is 3. The van der Waals surface area contributed by atoms with Crippen LogP contribution in [0.15, 0.2) is 24.3 Å². The molecule has 0 aromatic heterocycles. The number of aliphatic hydroxyl groups excluding tert-OH is 1. The molecule has 0 aliphatic carbocycles. The number of nitrogens with zero attached hydrogens (tertiary/aromatic N) is 2. The Morgan fingerprint density at radius 2 is 1.67 bits per heavy atom. The zero-order valence-corrected chi connectivity index (χ0v) is 27.3. The van der Waals surface area contributed by atoms with Gasteiger partial charge in [0.05, 0.1) is 11.7 Å². The third-order valence-corrected chi connectivity index (χ3v) is 8.62. The molecule has 5 N–H and O–H groups in total. The molecule has 0 saturated carbocycles. The van der Waals surface area contributed by atoms with Gasteiger partial charge in [0.1, 0.15) is 12.4 Å². The third kappa shape index (κ3) is 12.4. The number of rotatable bonds is 18. The maximum Gasteiger partial charge on any atom is 0.255 e. The van der Waals surface area contributed by atoms with Crippen molar-refractivity contribution in [3.05, 3.63) is 29.8 Å². The second kappa shape index (κ2) is 18.9. The molecule has 0 unspecified atom stereocenters. The predicted molar refractivity (Wildman–Crippen MR) is 171 cm³/mol. The van der Waals surface area contributed by atoms with Crippen LogP contribution in [-0.4, -0.2) is 97.2 Å². The van der Waals surface area contributed by atoms with E-state index in [1.165, 1.54) is 0 Å². The highest BCUT2D eigenvalue weighted by Crippen LogP contribution is 2.24. The van der Waals surface area contributed by atoms with Crippen molar-refractivity contribution in [1.82, 2.24) is 20.4 Å². The van der Waals surface area contributed by atoms with Gasteiger partial charge < -0.3 is 31.1 Å². The van der Waals surface area contributed by atoms with Gasteiger partial charge in [-0.1, -0.05) is 53.2 Å². The summed E-state index contributed by atoms with van der Waals surface area (Å²) >= 11 is 0. The Kier molecular flexibility index (Phi) is 16.0. The van der Waals surface area contributed by atoms with E-state index in [9.17, 15) is 19.5 Å². The maximum atomic E-state index is 13.2. The van der Waals surface area contributed by atoms with Gasteiger partial charge >= 0.3 is 0 Å². The number of nitrogens with one attached hydrogen (secondary N) is 2. The number of aliphatic hydroxyl groups is 1. The first kappa shape index (κ1) is 36.5.